The fourth-order valence-electron chi connectivity index (χ4n) is 1.72. The van der Waals surface area contributed by atoms with Crippen molar-refractivity contribution in [3.05, 3.63) is 24.3 Å². The van der Waals surface area contributed by atoms with E-state index in [0.29, 0.717) is 0 Å². The third kappa shape index (κ3) is 2.64. The molecule has 0 N–H and O–H groups in total. The standard InChI is InChI=1S/C14H23NSi2/c1-8-16(4,5)17(6,7)14-11-9-13(10-12-14)15(2)3/h1,9-12H,2-7H3. The zero-order valence-corrected chi connectivity index (χ0v) is 13.8. The van der Waals surface area contributed by atoms with Crippen LogP contribution in [-0.4, -0.2) is 29.3 Å². The van der Waals surface area contributed by atoms with E-state index >= 15 is 0 Å². The van der Waals surface area contributed by atoms with Crippen LogP contribution >= 0.6 is 0 Å². The minimum Gasteiger partial charge on any atom is -0.378 e. The van der Waals surface area contributed by atoms with Crippen LogP contribution in [-0.2, 0) is 0 Å². The van der Waals surface area contributed by atoms with Gasteiger partial charge >= 0.3 is 0 Å². The van der Waals surface area contributed by atoms with E-state index in [4.69, 9.17) is 6.42 Å². The molecule has 0 saturated heterocycles. The molecule has 3 heteroatoms. The highest BCUT2D eigenvalue weighted by Gasteiger charge is 2.41. The summed E-state index contributed by atoms with van der Waals surface area (Å²) < 4.78 is 0. The molecule has 92 valence electrons. The highest BCUT2D eigenvalue weighted by molar-refractivity contribution is 7.48. The first-order chi connectivity index (χ1) is 7.72. The molecule has 0 spiro atoms. The molecule has 1 aromatic rings. The first-order valence-corrected chi connectivity index (χ1v) is 13.0. The number of rotatable bonds is 3. The van der Waals surface area contributed by atoms with Crippen LogP contribution in [0.3, 0.4) is 0 Å². The number of anilines is 1. The average Bonchev–Trinajstić information content (AvgIpc) is 2.28. The van der Waals surface area contributed by atoms with Gasteiger partial charge in [-0.1, -0.05) is 43.5 Å². The summed E-state index contributed by atoms with van der Waals surface area (Å²) in [6.45, 7) is 9.45. The monoisotopic (exact) mass is 261 g/mol. The first kappa shape index (κ1) is 14.1. The van der Waals surface area contributed by atoms with Crippen molar-refractivity contribution in [1.29, 1.82) is 0 Å². The van der Waals surface area contributed by atoms with Crippen LogP contribution < -0.4 is 10.1 Å². The molecule has 0 bridgehead atoms. The van der Waals surface area contributed by atoms with Crippen molar-refractivity contribution in [2.75, 3.05) is 19.0 Å². The van der Waals surface area contributed by atoms with Crippen molar-refractivity contribution in [1.82, 2.24) is 0 Å². The Hall–Kier alpha value is -0.986. The van der Waals surface area contributed by atoms with Gasteiger partial charge in [0, 0.05) is 19.8 Å². The van der Waals surface area contributed by atoms with Gasteiger partial charge in [0.25, 0.3) is 0 Å². The summed E-state index contributed by atoms with van der Waals surface area (Å²) in [7, 11) is 1.12. The lowest BCUT2D eigenvalue weighted by Gasteiger charge is -2.34. The van der Waals surface area contributed by atoms with Crippen molar-refractivity contribution in [3.8, 4) is 12.0 Å². The van der Waals surface area contributed by atoms with Crippen molar-refractivity contribution in [3.63, 3.8) is 0 Å². The molecule has 0 aliphatic rings. The predicted molar refractivity (Wildman–Crippen MR) is 84.2 cm³/mol. The molecule has 1 aromatic carbocycles. The normalized spacial score (nSPS) is 12.1. The van der Waals surface area contributed by atoms with Gasteiger partial charge in [-0.25, -0.2) is 0 Å². The molecular formula is C14H23NSi2. The van der Waals surface area contributed by atoms with Crippen LogP contribution in [0, 0.1) is 12.0 Å². The Labute approximate surface area is 108 Å². The zero-order valence-electron chi connectivity index (χ0n) is 11.8. The van der Waals surface area contributed by atoms with E-state index < -0.39 is 15.2 Å². The minimum absolute atomic E-state index is 1.25. The molecule has 0 heterocycles. The van der Waals surface area contributed by atoms with Gasteiger partial charge < -0.3 is 4.90 Å². The Balaban J connectivity index is 3.14. The molecular weight excluding hydrogens is 238 g/mol. The van der Waals surface area contributed by atoms with Gasteiger partial charge in [0.1, 0.15) is 7.59 Å². The van der Waals surface area contributed by atoms with E-state index in [0.717, 1.165) is 0 Å². The van der Waals surface area contributed by atoms with Gasteiger partial charge in [-0.2, -0.15) is 0 Å². The van der Waals surface area contributed by atoms with E-state index in [2.05, 4.69) is 75.0 Å². The quantitative estimate of drug-likeness (QED) is 0.597. The molecule has 1 nitrogen and oxygen atoms in total. The van der Waals surface area contributed by atoms with Crippen molar-refractivity contribution >= 4 is 26.1 Å². The number of benzene rings is 1. The van der Waals surface area contributed by atoms with E-state index in [9.17, 15) is 0 Å². The second-order valence-corrected chi connectivity index (χ2v) is 20.7. The van der Waals surface area contributed by atoms with E-state index in [-0.39, 0.29) is 0 Å². The van der Waals surface area contributed by atoms with Crippen molar-refractivity contribution < 1.29 is 0 Å². The molecule has 0 radical (unpaired) electrons. The number of terminal acetylenes is 1. The summed E-state index contributed by atoms with van der Waals surface area (Å²) in [4.78, 5) is 2.13. The maximum Gasteiger partial charge on any atom is 0.128 e. The predicted octanol–water partition coefficient (Wildman–Crippen LogP) is 2.63. The largest absolute Gasteiger partial charge is 0.378 e. The fourth-order valence-corrected chi connectivity index (χ4v) is 7.55. The molecule has 0 fully saturated rings. The average molecular weight is 262 g/mol. The Morgan fingerprint density at radius 3 is 1.82 bits per heavy atom. The third-order valence-corrected chi connectivity index (χ3v) is 20.3. The molecule has 0 aromatic heterocycles. The Morgan fingerprint density at radius 1 is 1.00 bits per heavy atom. The van der Waals surface area contributed by atoms with Gasteiger partial charge in [0.15, 0.2) is 0 Å². The van der Waals surface area contributed by atoms with Crippen LogP contribution in [0.4, 0.5) is 5.69 Å². The van der Waals surface area contributed by atoms with E-state index in [1.165, 1.54) is 10.9 Å². The van der Waals surface area contributed by atoms with Gasteiger partial charge in [-0.3, -0.25) is 0 Å². The Morgan fingerprint density at radius 2 is 1.47 bits per heavy atom. The first-order valence-electron chi connectivity index (χ1n) is 5.98. The summed E-state index contributed by atoms with van der Waals surface area (Å²) in [6.07, 6.45) is 5.75. The second kappa shape index (κ2) is 4.71. The zero-order chi connectivity index (χ0) is 13.3. The third-order valence-electron chi connectivity index (χ3n) is 4.03. The summed E-state index contributed by atoms with van der Waals surface area (Å²) >= 11 is 0. The second-order valence-electron chi connectivity index (χ2n) is 5.84. The molecule has 1 rings (SSSR count). The molecule has 0 saturated carbocycles. The molecule has 17 heavy (non-hydrogen) atoms. The van der Waals surface area contributed by atoms with Crippen LogP contribution in [0.25, 0.3) is 0 Å². The molecule has 0 aliphatic carbocycles. The Bertz CT molecular complexity index is 425. The van der Waals surface area contributed by atoms with Gasteiger partial charge in [0.05, 0.1) is 7.59 Å². The number of nitrogens with zero attached hydrogens (tertiary/aromatic N) is 1. The van der Waals surface area contributed by atoms with Crippen molar-refractivity contribution in [2.24, 2.45) is 0 Å². The van der Waals surface area contributed by atoms with Gasteiger partial charge in [-0.05, 0) is 12.1 Å². The summed E-state index contributed by atoms with van der Waals surface area (Å²) in [5, 5.41) is 1.48. The minimum atomic E-state index is -1.54. The van der Waals surface area contributed by atoms with Gasteiger partial charge in [0.2, 0.25) is 0 Å². The number of hydrogen-bond acceptors (Lipinski definition) is 1. The van der Waals surface area contributed by atoms with E-state index in [1.54, 1.807) is 0 Å². The molecule has 0 unspecified atom stereocenters. The smallest absolute Gasteiger partial charge is 0.128 e. The molecule has 0 atom stereocenters. The summed E-state index contributed by atoms with van der Waals surface area (Å²) in [6, 6.07) is 8.94. The van der Waals surface area contributed by atoms with Crippen LogP contribution in [0.1, 0.15) is 0 Å². The SMILES string of the molecule is C#C[Si](C)(C)[Si](C)(C)c1ccc(N(C)C)cc1. The van der Waals surface area contributed by atoms with E-state index in [1.807, 2.05) is 0 Å². The molecule has 0 amide bonds. The lowest BCUT2D eigenvalue weighted by molar-refractivity contribution is 1.13. The Kier molecular flexibility index (Phi) is 3.90. The highest BCUT2D eigenvalue weighted by atomic mass is 29.3. The topological polar surface area (TPSA) is 3.24 Å². The van der Waals surface area contributed by atoms with Crippen molar-refractivity contribution in [2.45, 2.75) is 26.2 Å². The highest BCUT2D eigenvalue weighted by Crippen LogP contribution is 2.19. The maximum atomic E-state index is 5.75. The van der Waals surface area contributed by atoms with Crippen LogP contribution in [0.15, 0.2) is 24.3 Å². The van der Waals surface area contributed by atoms with Crippen LogP contribution in [0.5, 0.6) is 0 Å². The molecule has 0 aliphatic heterocycles. The summed E-state index contributed by atoms with van der Waals surface area (Å²) in [5.41, 5.74) is 4.36. The number of hydrogen-bond donors (Lipinski definition) is 0. The van der Waals surface area contributed by atoms with Gasteiger partial charge in [-0.15, -0.1) is 12.0 Å². The maximum absolute atomic E-state index is 5.75. The van der Waals surface area contributed by atoms with Crippen LogP contribution in [0.2, 0.25) is 26.2 Å². The lowest BCUT2D eigenvalue weighted by Crippen LogP contribution is -2.62. The lowest BCUT2D eigenvalue weighted by atomic mass is 10.3. The summed E-state index contributed by atoms with van der Waals surface area (Å²) in [5.74, 6) is 0. The fraction of sp³-hybridized carbons (Fsp3) is 0.429.